The second kappa shape index (κ2) is 7.69. The lowest BCUT2D eigenvalue weighted by Crippen LogP contribution is -2.20. The van der Waals surface area contributed by atoms with Crippen molar-refractivity contribution < 1.29 is 14.6 Å². The zero-order valence-electron chi connectivity index (χ0n) is 13.5. The van der Waals surface area contributed by atoms with E-state index < -0.39 is 6.10 Å². The van der Waals surface area contributed by atoms with E-state index in [1.807, 2.05) is 18.2 Å². The molecular weight excluding hydrogens is 264 g/mol. The SMILES string of the molecule is CCCC1CCC(C(O)c2cc(OC)cc(OC)c2)CC1. The van der Waals surface area contributed by atoms with Gasteiger partial charge in [-0.1, -0.05) is 32.6 Å². The summed E-state index contributed by atoms with van der Waals surface area (Å²) in [4.78, 5) is 0. The predicted molar refractivity (Wildman–Crippen MR) is 84.9 cm³/mol. The van der Waals surface area contributed by atoms with E-state index in [4.69, 9.17) is 9.47 Å². The molecule has 0 radical (unpaired) electrons. The van der Waals surface area contributed by atoms with Gasteiger partial charge < -0.3 is 14.6 Å². The fourth-order valence-corrected chi connectivity index (χ4v) is 3.47. The summed E-state index contributed by atoms with van der Waals surface area (Å²) in [7, 11) is 3.28. The average Bonchev–Trinajstić information content (AvgIpc) is 2.54. The summed E-state index contributed by atoms with van der Waals surface area (Å²) in [5, 5.41) is 10.7. The van der Waals surface area contributed by atoms with Crippen molar-refractivity contribution in [1.29, 1.82) is 0 Å². The number of rotatable bonds is 6. The molecule has 1 aliphatic rings. The number of hydrogen-bond donors (Lipinski definition) is 1. The van der Waals surface area contributed by atoms with Crippen LogP contribution in [0.15, 0.2) is 18.2 Å². The van der Waals surface area contributed by atoms with Crippen LogP contribution in [-0.2, 0) is 0 Å². The normalized spacial score (nSPS) is 23.6. The third kappa shape index (κ3) is 4.13. The Balaban J connectivity index is 2.04. The van der Waals surface area contributed by atoms with Gasteiger partial charge in [-0.05, 0) is 42.4 Å². The molecular formula is C18H28O3. The van der Waals surface area contributed by atoms with E-state index in [0.717, 1.165) is 35.8 Å². The Bertz CT molecular complexity index is 414. The minimum atomic E-state index is -0.420. The van der Waals surface area contributed by atoms with Crippen molar-refractivity contribution in [3.8, 4) is 11.5 Å². The third-order valence-electron chi connectivity index (χ3n) is 4.75. The van der Waals surface area contributed by atoms with Gasteiger partial charge in [-0.25, -0.2) is 0 Å². The molecule has 0 heterocycles. The van der Waals surface area contributed by atoms with Crippen LogP contribution < -0.4 is 9.47 Å². The van der Waals surface area contributed by atoms with E-state index in [2.05, 4.69) is 6.92 Å². The van der Waals surface area contributed by atoms with Gasteiger partial charge >= 0.3 is 0 Å². The molecule has 1 aromatic carbocycles. The van der Waals surface area contributed by atoms with Crippen molar-refractivity contribution in [3.63, 3.8) is 0 Å². The minimum absolute atomic E-state index is 0.356. The highest BCUT2D eigenvalue weighted by Crippen LogP contribution is 2.39. The molecule has 2 rings (SSSR count). The van der Waals surface area contributed by atoms with Crippen molar-refractivity contribution in [3.05, 3.63) is 23.8 Å². The molecule has 0 saturated heterocycles. The first-order valence-corrected chi connectivity index (χ1v) is 8.09. The fourth-order valence-electron chi connectivity index (χ4n) is 3.47. The second-order valence-electron chi connectivity index (χ2n) is 6.16. The Morgan fingerprint density at radius 3 is 2.10 bits per heavy atom. The van der Waals surface area contributed by atoms with Crippen molar-refractivity contribution in [2.24, 2.45) is 11.8 Å². The summed E-state index contributed by atoms with van der Waals surface area (Å²) in [6.07, 6.45) is 6.90. The standard InChI is InChI=1S/C18H28O3/c1-4-5-13-6-8-14(9-7-13)18(19)15-10-16(20-2)12-17(11-15)21-3/h10-14,18-19H,4-9H2,1-3H3. The second-order valence-corrected chi connectivity index (χ2v) is 6.16. The molecule has 1 aromatic rings. The van der Waals surface area contributed by atoms with Gasteiger partial charge in [-0.2, -0.15) is 0 Å². The fraction of sp³-hybridized carbons (Fsp3) is 0.667. The minimum Gasteiger partial charge on any atom is -0.497 e. The molecule has 1 aliphatic carbocycles. The van der Waals surface area contributed by atoms with E-state index in [9.17, 15) is 5.11 Å². The summed E-state index contributed by atoms with van der Waals surface area (Å²) in [5.41, 5.74) is 0.908. The van der Waals surface area contributed by atoms with E-state index in [1.54, 1.807) is 14.2 Å². The number of ether oxygens (including phenoxy) is 2. The first-order chi connectivity index (χ1) is 10.2. The predicted octanol–water partition coefficient (Wildman–Crippen LogP) is 4.34. The number of aliphatic hydroxyl groups is 1. The van der Waals surface area contributed by atoms with E-state index in [-0.39, 0.29) is 0 Å². The van der Waals surface area contributed by atoms with Crippen LogP contribution in [0.1, 0.15) is 57.1 Å². The van der Waals surface area contributed by atoms with Crippen LogP contribution in [0.4, 0.5) is 0 Å². The summed E-state index contributed by atoms with van der Waals surface area (Å²) in [6, 6.07) is 5.69. The maximum atomic E-state index is 10.7. The highest BCUT2D eigenvalue weighted by Gasteiger charge is 2.27. The monoisotopic (exact) mass is 292 g/mol. The summed E-state index contributed by atoms with van der Waals surface area (Å²) in [5.74, 6) is 2.69. The van der Waals surface area contributed by atoms with Crippen LogP contribution in [0.2, 0.25) is 0 Å². The molecule has 1 atom stereocenters. The molecule has 3 heteroatoms. The lowest BCUT2D eigenvalue weighted by Gasteiger charge is -2.31. The highest BCUT2D eigenvalue weighted by atomic mass is 16.5. The molecule has 0 aromatic heterocycles. The van der Waals surface area contributed by atoms with Crippen LogP contribution in [0.25, 0.3) is 0 Å². The van der Waals surface area contributed by atoms with Gasteiger partial charge in [-0.3, -0.25) is 0 Å². The van der Waals surface area contributed by atoms with E-state index in [0.29, 0.717) is 5.92 Å². The first-order valence-electron chi connectivity index (χ1n) is 8.09. The third-order valence-corrected chi connectivity index (χ3v) is 4.75. The molecule has 0 amide bonds. The van der Waals surface area contributed by atoms with Crippen LogP contribution in [0.5, 0.6) is 11.5 Å². The molecule has 1 N–H and O–H groups in total. The van der Waals surface area contributed by atoms with Crippen molar-refractivity contribution in [1.82, 2.24) is 0 Å². The van der Waals surface area contributed by atoms with Crippen molar-refractivity contribution in [2.75, 3.05) is 14.2 Å². The average molecular weight is 292 g/mol. The number of aliphatic hydroxyl groups excluding tert-OH is 1. The summed E-state index contributed by atoms with van der Waals surface area (Å²) in [6.45, 7) is 2.25. The Hall–Kier alpha value is -1.22. The molecule has 1 saturated carbocycles. The lowest BCUT2D eigenvalue weighted by atomic mass is 9.76. The van der Waals surface area contributed by atoms with Crippen molar-refractivity contribution >= 4 is 0 Å². The molecule has 0 aliphatic heterocycles. The Labute approximate surface area is 128 Å². The molecule has 0 spiro atoms. The number of methoxy groups -OCH3 is 2. The Kier molecular flexibility index (Phi) is 5.92. The molecule has 21 heavy (non-hydrogen) atoms. The molecule has 3 nitrogen and oxygen atoms in total. The zero-order valence-corrected chi connectivity index (χ0v) is 13.5. The van der Waals surface area contributed by atoms with E-state index >= 15 is 0 Å². The van der Waals surface area contributed by atoms with Gasteiger partial charge in [0.1, 0.15) is 11.5 Å². The van der Waals surface area contributed by atoms with E-state index in [1.165, 1.54) is 25.7 Å². The maximum Gasteiger partial charge on any atom is 0.122 e. The molecule has 1 fully saturated rings. The summed E-state index contributed by atoms with van der Waals surface area (Å²) >= 11 is 0. The Morgan fingerprint density at radius 2 is 1.62 bits per heavy atom. The quantitative estimate of drug-likeness (QED) is 0.847. The van der Waals surface area contributed by atoms with Crippen LogP contribution in [0.3, 0.4) is 0 Å². The highest BCUT2D eigenvalue weighted by molar-refractivity contribution is 5.39. The van der Waals surface area contributed by atoms with Gasteiger partial charge in [0, 0.05) is 6.07 Å². The number of benzene rings is 1. The van der Waals surface area contributed by atoms with Gasteiger partial charge in [0.05, 0.1) is 20.3 Å². The molecule has 1 unspecified atom stereocenters. The lowest BCUT2D eigenvalue weighted by molar-refractivity contribution is 0.0718. The van der Waals surface area contributed by atoms with Gasteiger partial charge in [-0.15, -0.1) is 0 Å². The maximum absolute atomic E-state index is 10.7. The van der Waals surface area contributed by atoms with Gasteiger partial charge in [0.2, 0.25) is 0 Å². The topological polar surface area (TPSA) is 38.7 Å². The zero-order chi connectivity index (χ0) is 15.2. The smallest absolute Gasteiger partial charge is 0.122 e. The van der Waals surface area contributed by atoms with Crippen molar-refractivity contribution in [2.45, 2.75) is 51.6 Å². The first kappa shape index (κ1) is 16.2. The van der Waals surface area contributed by atoms with Crippen LogP contribution in [-0.4, -0.2) is 19.3 Å². The number of hydrogen-bond acceptors (Lipinski definition) is 3. The largest absolute Gasteiger partial charge is 0.497 e. The van der Waals surface area contributed by atoms with Gasteiger partial charge in [0.15, 0.2) is 0 Å². The Morgan fingerprint density at radius 1 is 1.05 bits per heavy atom. The summed E-state index contributed by atoms with van der Waals surface area (Å²) < 4.78 is 10.6. The van der Waals surface area contributed by atoms with Crippen LogP contribution >= 0.6 is 0 Å². The van der Waals surface area contributed by atoms with Crippen LogP contribution in [0, 0.1) is 11.8 Å². The van der Waals surface area contributed by atoms with Gasteiger partial charge in [0.25, 0.3) is 0 Å². The molecule has 118 valence electrons. The molecule has 0 bridgehead atoms.